The van der Waals surface area contributed by atoms with Crippen LogP contribution < -0.4 is 5.32 Å². The fourth-order valence-corrected chi connectivity index (χ4v) is 0.814. The van der Waals surface area contributed by atoms with Crippen molar-refractivity contribution in [2.24, 2.45) is 0 Å². The lowest BCUT2D eigenvalue weighted by Crippen LogP contribution is -2.30. The number of carbonyl (C=O) groups is 2. The molecule has 0 fully saturated rings. The van der Waals surface area contributed by atoms with Crippen molar-refractivity contribution in [2.45, 2.75) is 6.92 Å². The zero-order valence-electron chi connectivity index (χ0n) is 7.86. The Morgan fingerprint density at radius 1 is 1.64 bits per heavy atom. The van der Waals surface area contributed by atoms with E-state index in [9.17, 15) is 9.59 Å². The van der Waals surface area contributed by atoms with Gasteiger partial charge in [-0.1, -0.05) is 5.16 Å². The van der Waals surface area contributed by atoms with Crippen molar-refractivity contribution in [3.8, 4) is 0 Å². The highest BCUT2D eigenvalue weighted by Crippen LogP contribution is 2.04. The second kappa shape index (κ2) is 4.40. The Bertz CT molecular complexity index is 345. The Morgan fingerprint density at radius 3 is 2.86 bits per heavy atom. The maximum atomic E-state index is 11.3. The summed E-state index contributed by atoms with van der Waals surface area (Å²) in [5.41, 5.74) is 0.618. The third kappa shape index (κ3) is 2.32. The molecule has 0 aliphatic rings. The highest BCUT2D eigenvalue weighted by molar-refractivity contribution is 5.94. The fraction of sp³-hybridized carbons (Fsp3) is 0.375. The number of ether oxygens (including phenoxy) is 1. The summed E-state index contributed by atoms with van der Waals surface area (Å²) >= 11 is 0. The van der Waals surface area contributed by atoms with Gasteiger partial charge in [-0.2, -0.15) is 0 Å². The molecule has 0 aromatic carbocycles. The second-order valence-corrected chi connectivity index (χ2v) is 2.60. The van der Waals surface area contributed by atoms with Gasteiger partial charge in [-0.15, -0.1) is 0 Å². The third-order valence-corrected chi connectivity index (χ3v) is 1.58. The molecule has 0 atom stereocenters. The number of amides is 1. The van der Waals surface area contributed by atoms with Crippen molar-refractivity contribution < 1.29 is 18.8 Å². The van der Waals surface area contributed by atoms with Gasteiger partial charge in [0.2, 0.25) is 5.76 Å². The van der Waals surface area contributed by atoms with E-state index < -0.39 is 11.9 Å². The molecule has 1 amide bonds. The number of hydrogen-bond donors (Lipinski definition) is 1. The molecule has 0 saturated carbocycles. The fourth-order valence-electron chi connectivity index (χ4n) is 0.814. The highest BCUT2D eigenvalue weighted by Gasteiger charge is 2.14. The van der Waals surface area contributed by atoms with E-state index >= 15 is 0 Å². The van der Waals surface area contributed by atoms with Crippen LogP contribution in [0.2, 0.25) is 0 Å². The zero-order valence-corrected chi connectivity index (χ0v) is 7.86. The number of nitrogens with one attached hydrogen (secondary N) is 1. The quantitative estimate of drug-likeness (QED) is 0.685. The van der Waals surface area contributed by atoms with Crippen molar-refractivity contribution in [1.82, 2.24) is 10.5 Å². The Hall–Kier alpha value is -1.85. The van der Waals surface area contributed by atoms with Crippen LogP contribution in [0.3, 0.4) is 0 Å². The van der Waals surface area contributed by atoms with Gasteiger partial charge >= 0.3 is 5.97 Å². The predicted octanol–water partition coefficient (Wildman–Crippen LogP) is -0.114. The van der Waals surface area contributed by atoms with E-state index in [1.54, 1.807) is 6.92 Å². The Morgan fingerprint density at radius 2 is 2.36 bits per heavy atom. The minimum absolute atomic E-state index is 0.105. The average molecular weight is 198 g/mol. The van der Waals surface area contributed by atoms with E-state index in [0.717, 1.165) is 0 Å². The summed E-state index contributed by atoms with van der Waals surface area (Å²) in [6, 6.07) is 0. The number of esters is 1. The second-order valence-electron chi connectivity index (χ2n) is 2.60. The van der Waals surface area contributed by atoms with Gasteiger partial charge in [0.1, 0.15) is 6.54 Å². The van der Waals surface area contributed by atoms with Crippen LogP contribution in [0.4, 0.5) is 0 Å². The lowest BCUT2D eigenvalue weighted by Gasteiger charge is -2.00. The van der Waals surface area contributed by atoms with E-state index in [2.05, 4.69) is 19.7 Å². The highest BCUT2D eigenvalue weighted by atomic mass is 16.5. The number of nitrogens with zero attached hydrogens (tertiary/aromatic N) is 1. The average Bonchev–Trinajstić information content (AvgIpc) is 2.60. The molecule has 14 heavy (non-hydrogen) atoms. The van der Waals surface area contributed by atoms with Crippen LogP contribution >= 0.6 is 0 Å². The van der Waals surface area contributed by atoms with E-state index in [0.29, 0.717) is 5.56 Å². The molecule has 76 valence electrons. The summed E-state index contributed by atoms with van der Waals surface area (Å²) in [6.07, 6.45) is 1.42. The normalized spacial score (nSPS) is 9.57. The molecule has 0 aliphatic heterocycles. The first-order valence-electron chi connectivity index (χ1n) is 3.91. The maximum Gasteiger partial charge on any atom is 0.325 e. The number of methoxy groups -OCH3 is 1. The molecular formula is C8H10N2O4. The molecule has 0 unspecified atom stereocenters. The zero-order chi connectivity index (χ0) is 10.6. The number of carbonyl (C=O) groups excluding carboxylic acids is 2. The van der Waals surface area contributed by atoms with Crippen LogP contribution in [-0.4, -0.2) is 30.7 Å². The van der Waals surface area contributed by atoms with Gasteiger partial charge < -0.3 is 14.6 Å². The molecule has 1 aromatic heterocycles. The number of aryl methyl sites for hydroxylation is 1. The number of aromatic nitrogens is 1. The Balaban J connectivity index is 2.52. The van der Waals surface area contributed by atoms with Crippen molar-refractivity contribution in [1.29, 1.82) is 0 Å². The van der Waals surface area contributed by atoms with Crippen LogP contribution in [0.15, 0.2) is 10.7 Å². The largest absolute Gasteiger partial charge is 0.468 e. The predicted molar refractivity (Wildman–Crippen MR) is 45.6 cm³/mol. The van der Waals surface area contributed by atoms with Gasteiger partial charge in [0.15, 0.2) is 0 Å². The Kier molecular flexibility index (Phi) is 3.22. The van der Waals surface area contributed by atoms with Crippen molar-refractivity contribution in [3.63, 3.8) is 0 Å². The van der Waals surface area contributed by atoms with Crippen LogP contribution in [0.5, 0.6) is 0 Å². The third-order valence-electron chi connectivity index (χ3n) is 1.58. The molecule has 0 saturated heterocycles. The van der Waals surface area contributed by atoms with Crippen LogP contribution in [0.25, 0.3) is 0 Å². The molecule has 6 heteroatoms. The molecule has 0 bridgehead atoms. The van der Waals surface area contributed by atoms with Gasteiger partial charge in [-0.05, 0) is 6.92 Å². The molecule has 0 spiro atoms. The molecule has 1 rings (SSSR count). The Labute approximate surface area is 80.2 Å². The smallest absolute Gasteiger partial charge is 0.325 e. The molecule has 0 radical (unpaired) electrons. The summed E-state index contributed by atoms with van der Waals surface area (Å²) in [5.74, 6) is -0.894. The maximum absolute atomic E-state index is 11.3. The lowest BCUT2D eigenvalue weighted by molar-refractivity contribution is -0.139. The van der Waals surface area contributed by atoms with Crippen molar-refractivity contribution in [2.75, 3.05) is 13.7 Å². The van der Waals surface area contributed by atoms with Gasteiger partial charge in [-0.25, -0.2) is 0 Å². The summed E-state index contributed by atoms with van der Waals surface area (Å²) in [6.45, 7) is 1.50. The topological polar surface area (TPSA) is 81.4 Å². The van der Waals surface area contributed by atoms with Crippen LogP contribution in [0, 0.1) is 6.92 Å². The van der Waals surface area contributed by atoms with Gasteiger partial charge in [0.25, 0.3) is 5.91 Å². The lowest BCUT2D eigenvalue weighted by atomic mass is 10.3. The summed E-state index contributed by atoms with van der Waals surface area (Å²) in [4.78, 5) is 22.0. The summed E-state index contributed by atoms with van der Waals surface area (Å²) in [7, 11) is 1.24. The van der Waals surface area contributed by atoms with Crippen LogP contribution in [0.1, 0.15) is 16.1 Å². The van der Waals surface area contributed by atoms with Crippen LogP contribution in [-0.2, 0) is 9.53 Å². The first-order valence-corrected chi connectivity index (χ1v) is 3.91. The van der Waals surface area contributed by atoms with E-state index in [-0.39, 0.29) is 12.3 Å². The van der Waals surface area contributed by atoms with Gasteiger partial charge in [0.05, 0.1) is 13.3 Å². The SMILES string of the molecule is COC(=O)CNC(=O)c1oncc1C. The van der Waals surface area contributed by atoms with Crippen molar-refractivity contribution in [3.05, 3.63) is 17.5 Å². The minimum Gasteiger partial charge on any atom is -0.468 e. The first-order chi connectivity index (χ1) is 6.65. The van der Waals surface area contributed by atoms with Gasteiger partial charge in [0, 0.05) is 5.56 Å². The van der Waals surface area contributed by atoms with Crippen molar-refractivity contribution >= 4 is 11.9 Å². The first kappa shape index (κ1) is 10.2. The minimum atomic E-state index is -0.518. The molecule has 6 nitrogen and oxygen atoms in total. The molecular weight excluding hydrogens is 188 g/mol. The molecule has 1 heterocycles. The van der Waals surface area contributed by atoms with Gasteiger partial charge in [-0.3, -0.25) is 9.59 Å². The number of rotatable bonds is 3. The summed E-state index contributed by atoms with van der Waals surface area (Å²) < 4.78 is 9.03. The molecule has 1 aromatic rings. The number of hydrogen-bond acceptors (Lipinski definition) is 5. The summed E-state index contributed by atoms with van der Waals surface area (Å²) in [5, 5.41) is 5.77. The molecule has 1 N–H and O–H groups in total. The standard InChI is InChI=1S/C8H10N2O4/c1-5-3-10-14-7(5)8(12)9-4-6(11)13-2/h3H,4H2,1-2H3,(H,9,12). The van der Waals surface area contributed by atoms with E-state index in [1.165, 1.54) is 13.3 Å². The monoisotopic (exact) mass is 198 g/mol. The molecule has 0 aliphatic carbocycles. The van der Waals surface area contributed by atoms with E-state index in [4.69, 9.17) is 0 Å². The van der Waals surface area contributed by atoms with E-state index in [1.807, 2.05) is 0 Å².